The van der Waals surface area contributed by atoms with E-state index in [0.29, 0.717) is 41.1 Å². The molecule has 1 saturated heterocycles. The second-order valence-corrected chi connectivity index (χ2v) is 6.76. The number of rotatable bonds is 4. The summed E-state index contributed by atoms with van der Waals surface area (Å²) in [4.78, 5) is 14.7. The molecule has 0 unspecified atom stereocenters. The van der Waals surface area contributed by atoms with E-state index in [4.69, 9.17) is 21.1 Å². The van der Waals surface area contributed by atoms with Crippen LogP contribution in [0.15, 0.2) is 36.4 Å². The van der Waals surface area contributed by atoms with Crippen LogP contribution in [0, 0.1) is 0 Å². The molecule has 0 atom stereocenters. The van der Waals surface area contributed by atoms with Crippen molar-refractivity contribution in [3.63, 3.8) is 0 Å². The number of hydrogen-bond acceptors (Lipinski definition) is 4. The van der Waals surface area contributed by atoms with Crippen molar-refractivity contribution in [1.29, 1.82) is 0 Å². The number of likely N-dealkylation sites (tertiary alicyclic amines) is 1. The molecule has 1 aliphatic heterocycles. The predicted molar refractivity (Wildman–Crippen MR) is 101 cm³/mol. The maximum Gasteiger partial charge on any atom is 0.254 e. The van der Waals surface area contributed by atoms with Crippen LogP contribution < -0.4 is 9.47 Å². The second kappa shape index (κ2) is 7.87. The number of phenolic OH excluding ortho intramolecular Hbond substituents is 1. The lowest BCUT2D eigenvalue weighted by Crippen LogP contribution is -2.37. The quantitative estimate of drug-likeness (QED) is 0.874. The Kier molecular flexibility index (Phi) is 5.57. The highest BCUT2D eigenvalue weighted by Gasteiger charge is 2.26. The van der Waals surface area contributed by atoms with Gasteiger partial charge in [-0.25, -0.2) is 0 Å². The number of benzene rings is 2. The molecule has 2 aromatic rings. The minimum Gasteiger partial charge on any atom is -0.508 e. The topological polar surface area (TPSA) is 59.0 Å². The van der Waals surface area contributed by atoms with E-state index in [1.165, 1.54) is 19.8 Å². The Labute approximate surface area is 158 Å². The summed E-state index contributed by atoms with van der Waals surface area (Å²) in [7, 11) is 3.03. The number of aromatic hydroxyl groups is 1. The lowest BCUT2D eigenvalue weighted by Gasteiger charge is -2.32. The van der Waals surface area contributed by atoms with E-state index in [0.717, 1.165) is 12.8 Å². The monoisotopic (exact) mass is 375 g/mol. The molecule has 138 valence electrons. The van der Waals surface area contributed by atoms with Gasteiger partial charge in [0.05, 0.1) is 19.2 Å². The number of amides is 1. The molecule has 1 heterocycles. The molecular formula is C20H22ClNO4. The average Bonchev–Trinajstić information content (AvgIpc) is 2.67. The molecule has 0 aliphatic carbocycles. The number of halogens is 1. The third kappa shape index (κ3) is 3.73. The lowest BCUT2D eigenvalue weighted by atomic mass is 9.89. The van der Waals surface area contributed by atoms with Crippen LogP contribution in [0.3, 0.4) is 0 Å². The van der Waals surface area contributed by atoms with Crippen molar-refractivity contribution in [2.75, 3.05) is 27.3 Å². The van der Waals surface area contributed by atoms with E-state index in [1.807, 2.05) is 17.0 Å². The van der Waals surface area contributed by atoms with Gasteiger partial charge in [-0.1, -0.05) is 23.7 Å². The van der Waals surface area contributed by atoms with E-state index in [1.54, 1.807) is 24.3 Å². The van der Waals surface area contributed by atoms with Gasteiger partial charge in [0.25, 0.3) is 5.91 Å². The number of hydrogen-bond donors (Lipinski definition) is 1. The van der Waals surface area contributed by atoms with E-state index in [2.05, 4.69) is 0 Å². The van der Waals surface area contributed by atoms with E-state index in [9.17, 15) is 9.90 Å². The molecule has 5 nitrogen and oxygen atoms in total. The Balaban J connectivity index is 1.70. The third-order valence-electron chi connectivity index (χ3n) is 4.83. The summed E-state index contributed by atoms with van der Waals surface area (Å²) in [6, 6.07) is 10.6. The molecule has 0 bridgehead atoms. The first kappa shape index (κ1) is 18.4. The molecule has 1 N–H and O–H groups in total. The standard InChI is InChI=1S/C20H22ClNO4/c1-25-18-12-15(11-17(21)19(18)26-2)20(24)22-9-7-14(8-10-22)13-3-5-16(23)6-4-13/h3-6,11-12,14,23H,7-10H2,1-2H3. The largest absolute Gasteiger partial charge is 0.508 e. The predicted octanol–water partition coefficient (Wildman–Crippen LogP) is 4.08. The van der Waals surface area contributed by atoms with Gasteiger partial charge < -0.3 is 19.5 Å². The number of carbonyl (C=O) groups is 1. The van der Waals surface area contributed by atoms with Gasteiger partial charge in [-0.3, -0.25) is 4.79 Å². The van der Waals surface area contributed by atoms with Crippen LogP contribution in [0.2, 0.25) is 5.02 Å². The molecule has 0 spiro atoms. The highest BCUT2D eigenvalue weighted by Crippen LogP contribution is 2.37. The van der Waals surface area contributed by atoms with Crippen molar-refractivity contribution < 1.29 is 19.4 Å². The van der Waals surface area contributed by atoms with Crippen LogP contribution in [0.1, 0.15) is 34.7 Å². The first-order valence-corrected chi connectivity index (χ1v) is 8.91. The van der Waals surface area contributed by atoms with Crippen LogP contribution in [0.4, 0.5) is 0 Å². The zero-order valence-corrected chi connectivity index (χ0v) is 15.6. The summed E-state index contributed by atoms with van der Waals surface area (Å²) in [5.74, 6) is 1.48. The van der Waals surface area contributed by atoms with Gasteiger partial charge in [-0.15, -0.1) is 0 Å². The van der Waals surface area contributed by atoms with Crippen molar-refractivity contribution in [3.8, 4) is 17.2 Å². The normalized spacial score (nSPS) is 15.0. The van der Waals surface area contributed by atoms with Crippen molar-refractivity contribution in [1.82, 2.24) is 4.90 Å². The van der Waals surface area contributed by atoms with E-state index < -0.39 is 0 Å². The summed E-state index contributed by atoms with van der Waals surface area (Å²) in [5, 5.41) is 9.77. The Morgan fingerprint density at radius 3 is 2.35 bits per heavy atom. The SMILES string of the molecule is COc1cc(C(=O)N2CCC(c3ccc(O)cc3)CC2)cc(Cl)c1OC. The maximum atomic E-state index is 12.8. The van der Waals surface area contributed by atoms with Gasteiger partial charge in [0.15, 0.2) is 11.5 Å². The Morgan fingerprint density at radius 2 is 1.77 bits per heavy atom. The molecule has 26 heavy (non-hydrogen) atoms. The van der Waals surface area contributed by atoms with Gasteiger partial charge in [0.2, 0.25) is 0 Å². The average molecular weight is 376 g/mol. The molecule has 0 radical (unpaired) electrons. The number of nitrogens with zero attached hydrogens (tertiary/aromatic N) is 1. The number of carbonyl (C=O) groups excluding carboxylic acids is 1. The Hall–Kier alpha value is -2.40. The zero-order chi connectivity index (χ0) is 18.7. The summed E-state index contributed by atoms with van der Waals surface area (Å²) in [6.07, 6.45) is 1.77. The Bertz CT molecular complexity index is 783. The fourth-order valence-corrected chi connectivity index (χ4v) is 3.67. The van der Waals surface area contributed by atoms with E-state index >= 15 is 0 Å². The molecule has 3 rings (SSSR count). The van der Waals surface area contributed by atoms with Crippen molar-refractivity contribution in [2.24, 2.45) is 0 Å². The fraction of sp³-hybridized carbons (Fsp3) is 0.350. The highest BCUT2D eigenvalue weighted by molar-refractivity contribution is 6.32. The summed E-state index contributed by atoms with van der Waals surface area (Å²) in [6.45, 7) is 1.35. The molecule has 0 saturated carbocycles. The molecule has 0 aromatic heterocycles. The molecule has 1 amide bonds. The van der Waals surface area contributed by atoms with Crippen LogP contribution in [0.25, 0.3) is 0 Å². The van der Waals surface area contributed by atoms with Crippen LogP contribution in [-0.2, 0) is 0 Å². The Morgan fingerprint density at radius 1 is 1.12 bits per heavy atom. The highest BCUT2D eigenvalue weighted by atomic mass is 35.5. The second-order valence-electron chi connectivity index (χ2n) is 6.35. The fourth-order valence-electron chi connectivity index (χ4n) is 3.39. The van der Waals surface area contributed by atoms with Gasteiger partial charge in [-0.2, -0.15) is 0 Å². The number of ether oxygens (including phenoxy) is 2. The van der Waals surface area contributed by atoms with Crippen molar-refractivity contribution in [2.45, 2.75) is 18.8 Å². The molecule has 2 aromatic carbocycles. The van der Waals surface area contributed by atoms with Gasteiger partial charge in [0.1, 0.15) is 5.75 Å². The smallest absolute Gasteiger partial charge is 0.254 e. The first-order chi connectivity index (χ1) is 12.5. The summed E-state index contributed by atoms with van der Waals surface area (Å²) < 4.78 is 10.5. The van der Waals surface area contributed by atoms with E-state index in [-0.39, 0.29) is 11.7 Å². The molecular weight excluding hydrogens is 354 g/mol. The molecule has 1 aliphatic rings. The van der Waals surface area contributed by atoms with Crippen LogP contribution in [-0.4, -0.2) is 43.2 Å². The first-order valence-electron chi connectivity index (χ1n) is 8.53. The van der Waals surface area contributed by atoms with Crippen molar-refractivity contribution >= 4 is 17.5 Å². The number of phenols is 1. The maximum absolute atomic E-state index is 12.8. The molecule has 6 heteroatoms. The summed E-state index contributed by atoms with van der Waals surface area (Å²) in [5.41, 5.74) is 1.69. The van der Waals surface area contributed by atoms with Crippen LogP contribution >= 0.6 is 11.6 Å². The number of methoxy groups -OCH3 is 2. The minimum absolute atomic E-state index is 0.0583. The van der Waals surface area contributed by atoms with Crippen molar-refractivity contribution in [3.05, 3.63) is 52.5 Å². The van der Waals surface area contributed by atoms with Gasteiger partial charge >= 0.3 is 0 Å². The third-order valence-corrected chi connectivity index (χ3v) is 5.11. The number of piperidine rings is 1. The summed E-state index contributed by atoms with van der Waals surface area (Å²) >= 11 is 6.22. The molecule has 1 fully saturated rings. The minimum atomic E-state index is -0.0583. The lowest BCUT2D eigenvalue weighted by molar-refractivity contribution is 0.0712. The van der Waals surface area contributed by atoms with Crippen LogP contribution in [0.5, 0.6) is 17.2 Å². The van der Waals surface area contributed by atoms with Gasteiger partial charge in [0, 0.05) is 18.7 Å². The van der Waals surface area contributed by atoms with Gasteiger partial charge in [-0.05, 0) is 48.6 Å². The zero-order valence-electron chi connectivity index (χ0n) is 14.9.